The molecule has 10 heteroatoms. The number of carbonyl (C=O) groups excluding carboxylic acids is 4. The molecule has 3 N–H and O–H groups in total. The minimum absolute atomic E-state index is 0.272. The Balaban J connectivity index is 1.78. The molecule has 164 valence electrons. The van der Waals surface area contributed by atoms with Crippen LogP contribution in [0.3, 0.4) is 0 Å². The summed E-state index contributed by atoms with van der Waals surface area (Å²) in [6, 6.07) is 5.73. The first kappa shape index (κ1) is 21.9. The average Bonchev–Trinajstić information content (AvgIpc) is 3.13. The van der Waals surface area contributed by atoms with Crippen LogP contribution in [0.25, 0.3) is 0 Å². The van der Waals surface area contributed by atoms with Gasteiger partial charge in [-0.25, -0.2) is 4.79 Å². The Hall–Kier alpha value is -3.82. The van der Waals surface area contributed by atoms with Crippen LogP contribution < -0.4 is 20.7 Å². The van der Waals surface area contributed by atoms with E-state index in [1.54, 1.807) is 39.0 Å². The smallest absolute Gasteiger partial charge is 0.325 e. The summed E-state index contributed by atoms with van der Waals surface area (Å²) in [5.41, 5.74) is -0.0508. The number of urea groups is 1. The molecule has 0 aliphatic carbocycles. The molecule has 0 radical (unpaired) electrons. The maximum Gasteiger partial charge on any atom is 0.325 e. The number of ether oxygens (including phenoxy) is 1. The Bertz CT molecular complexity index is 1080. The second-order valence-electron chi connectivity index (χ2n) is 7.42. The lowest BCUT2D eigenvalue weighted by molar-refractivity contribution is -0.133. The van der Waals surface area contributed by atoms with E-state index in [1.165, 1.54) is 20.1 Å². The second-order valence-corrected chi connectivity index (χ2v) is 7.42. The Morgan fingerprint density at radius 3 is 2.48 bits per heavy atom. The number of methoxy groups -OCH3 is 1. The Morgan fingerprint density at radius 1 is 1.19 bits per heavy atom. The number of anilines is 2. The molecule has 31 heavy (non-hydrogen) atoms. The van der Waals surface area contributed by atoms with Gasteiger partial charge in [-0.1, -0.05) is 0 Å². The summed E-state index contributed by atoms with van der Waals surface area (Å²) in [5.74, 6) is 0.0408. The zero-order valence-electron chi connectivity index (χ0n) is 17.9. The third kappa shape index (κ3) is 4.23. The van der Waals surface area contributed by atoms with E-state index >= 15 is 0 Å². The van der Waals surface area contributed by atoms with Crippen LogP contribution in [0.1, 0.15) is 30.9 Å². The number of nitrogens with one attached hydrogen (secondary N) is 3. The Labute approximate surface area is 178 Å². The number of benzene rings is 1. The maximum absolute atomic E-state index is 13.0. The van der Waals surface area contributed by atoms with E-state index in [9.17, 15) is 19.2 Å². The van der Waals surface area contributed by atoms with Crippen molar-refractivity contribution in [3.8, 4) is 5.75 Å². The number of hydrogen-bond acceptors (Lipinski definition) is 6. The number of nitrogens with zero attached hydrogens (tertiary/aromatic N) is 1. The zero-order chi connectivity index (χ0) is 22.9. The van der Waals surface area contributed by atoms with Crippen LogP contribution in [0.4, 0.5) is 16.2 Å². The maximum atomic E-state index is 13.0. The minimum Gasteiger partial charge on any atom is -0.495 e. The number of hydrogen-bond donors (Lipinski definition) is 3. The monoisotopic (exact) mass is 428 g/mol. The lowest BCUT2D eigenvalue weighted by Gasteiger charge is -2.21. The molecule has 0 bridgehead atoms. The molecule has 1 unspecified atom stereocenters. The molecule has 1 fully saturated rings. The molecule has 0 spiro atoms. The van der Waals surface area contributed by atoms with Crippen LogP contribution in [-0.2, 0) is 19.9 Å². The Morgan fingerprint density at radius 2 is 1.90 bits per heavy atom. The van der Waals surface area contributed by atoms with Gasteiger partial charge in [0.2, 0.25) is 11.8 Å². The highest BCUT2D eigenvalue weighted by molar-refractivity contribution is 6.10. The van der Waals surface area contributed by atoms with Gasteiger partial charge in [-0.3, -0.25) is 19.3 Å². The predicted octanol–water partition coefficient (Wildman–Crippen LogP) is 2.27. The van der Waals surface area contributed by atoms with Crippen molar-refractivity contribution in [2.24, 2.45) is 0 Å². The normalized spacial score (nSPS) is 18.0. The van der Waals surface area contributed by atoms with E-state index in [-0.39, 0.29) is 11.6 Å². The number of aryl methyl sites for hydroxylation is 2. The number of rotatable bonds is 6. The Kier molecular flexibility index (Phi) is 5.74. The molecule has 1 aliphatic heterocycles. The fraction of sp³-hybridized carbons (Fsp3) is 0.333. The fourth-order valence-electron chi connectivity index (χ4n) is 3.57. The van der Waals surface area contributed by atoms with Crippen LogP contribution in [0, 0.1) is 13.8 Å². The zero-order valence-corrected chi connectivity index (χ0v) is 17.9. The summed E-state index contributed by atoms with van der Waals surface area (Å²) >= 11 is 0. The summed E-state index contributed by atoms with van der Waals surface area (Å²) in [6.45, 7) is 5.89. The van der Waals surface area contributed by atoms with Crippen LogP contribution in [-0.4, -0.2) is 42.3 Å². The summed E-state index contributed by atoms with van der Waals surface area (Å²) in [7, 11) is 1.43. The van der Waals surface area contributed by atoms with Crippen molar-refractivity contribution in [2.45, 2.75) is 33.2 Å². The molecule has 1 atom stereocenters. The van der Waals surface area contributed by atoms with Gasteiger partial charge in [-0.2, -0.15) is 0 Å². The van der Waals surface area contributed by atoms with Crippen molar-refractivity contribution >= 4 is 35.1 Å². The average molecular weight is 428 g/mol. The lowest BCUT2D eigenvalue weighted by atomic mass is 9.92. The molecule has 1 aromatic carbocycles. The summed E-state index contributed by atoms with van der Waals surface area (Å²) in [4.78, 5) is 50.3. The van der Waals surface area contributed by atoms with Crippen LogP contribution in [0.15, 0.2) is 28.7 Å². The molecule has 1 aromatic heterocycles. The van der Waals surface area contributed by atoms with Gasteiger partial charge in [-0.15, -0.1) is 0 Å². The predicted molar refractivity (Wildman–Crippen MR) is 112 cm³/mol. The van der Waals surface area contributed by atoms with Gasteiger partial charge in [0.05, 0.1) is 12.8 Å². The van der Waals surface area contributed by atoms with Gasteiger partial charge in [0.25, 0.3) is 5.91 Å². The molecule has 2 heterocycles. The molecular weight excluding hydrogens is 404 g/mol. The van der Waals surface area contributed by atoms with E-state index in [0.717, 1.165) is 4.90 Å². The van der Waals surface area contributed by atoms with Crippen LogP contribution in [0.5, 0.6) is 5.75 Å². The van der Waals surface area contributed by atoms with Crippen molar-refractivity contribution in [3.63, 3.8) is 0 Å². The highest BCUT2D eigenvalue weighted by atomic mass is 16.5. The van der Waals surface area contributed by atoms with Crippen molar-refractivity contribution in [3.05, 3.63) is 41.3 Å². The van der Waals surface area contributed by atoms with Gasteiger partial charge in [0.1, 0.15) is 29.4 Å². The van der Waals surface area contributed by atoms with Crippen molar-refractivity contribution in [2.75, 3.05) is 24.3 Å². The fourth-order valence-corrected chi connectivity index (χ4v) is 3.57. The van der Waals surface area contributed by atoms with Gasteiger partial charge in [0.15, 0.2) is 0 Å². The molecule has 5 amide bonds. The number of amides is 5. The van der Waals surface area contributed by atoms with Gasteiger partial charge in [-0.05, 0) is 45.0 Å². The third-order valence-corrected chi connectivity index (χ3v) is 4.95. The number of furan rings is 1. The van der Waals surface area contributed by atoms with Crippen LogP contribution in [0.2, 0.25) is 0 Å². The van der Waals surface area contributed by atoms with E-state index < -0.39 is 29.9 Å². The molecule has 1 saturated heterocycles. The highest BCUT2D eigenvalue weighted by Gasteiger charge is 2.51. The molecule has 0 saturated carbocycles. The largest absolute Gasteiger partial charge is 0.495 e. The number of imide groups is 1. The quantitative estimate of drug-likeness (QED) is 0.605. The first-order valence-electron chi connectivity index (χ1n) is 9.52. The van der Waals surface area contributed by atoms with Crippen LogP contribution >= 0.6 is 0 Å². The minimum atomic E-state index is -1.33. The third-order valence-electron chi connectivity index (χ3n) is 4.95. The molecule has 10 nitrogen and oxygen atoms in total. The summed E-state index contributed by atoms with van der Waals surface area (Å²) in [5, 5.41) is 7.88. The topological polar surface area (TPSA) is 130 Å². The van der Waals surface area contributed by atoms with Crippen molar-refractivity contribution < 1.29 is 28.3 Å². The van der Waals surface area contributed by atoms with Crippen molar-refractivity contribution in [1.29, 1.82) is 0 Å². The van der Waals surface area contributed by atoms with Crippen molar-refractivity contribution in [1.82, 2.24) is 10.2 Å². The van der Waals surface area contributed by atoms with Gasteiger partial charge in [0, 0.05) is 18.2 Å². The first-order valence-corrected chi connectivity index (χ1v) is 9.52. The van der Waals surface area contributed by atoms with Gasteiger partial charge >= 0.3 is 6.03 Å². The first-order chi connectivity index (χ1) is 14.5. The highest BCUT2D eigenvalue weighted by Crippen LogP contribution is 2.33. The molecule has 2 aromatic rings. The lowest BCUT2D eigenvalue weighted by Crippen LogP contribution is -2.42. The SMILES string of the molecule is COc1ccc(NC(C)=O)cc1NC(=O)CN1C(=O)NC(C)(c2cc(C)oc2C)C1=O. The van der Waals surface area contributed by atoms with E-state index in [4.69, 9.17) is 9.15 Å². The van der Waals surface area contributed by atoms with Gasteiger partial charge < -0.3 is 25.1 Å². The van der Waals surface area contributed by atoms with E-state index in [1.807, 2.05) is 0 Å². The molecule has 3 rings (SSSR count). The standard InChI is InChI=1S/C21H24N4O6/c1-11-8-15(12(2)31-11)21(4)19(28)25(20(29)24-21)10-18(27)23-16-9-14(22-13(3)26)6-7-17(16)30-5/h6-9H,10H2,1-5H3,(H,22,26)(H,23,27)(H,24,29). The molecular formula is C21H24N4O6. The summed E-state index contributed by atoms with van der Waals surface area (Å²) in [6.07, 6.45) is 0. The number of carbonyl (C=O) groups is 4. The summed E-state index contributed by atoms with van der Waals surface area (Å²) < 4.78 is 10.7. The second kappa shape index (κ2) is 8.13. The van der Waals surface area contributed by atoms with E-state index in [2.05, 4.69) is 16.0 Å². The van der Waals surface area contributed by atoms with E-state index in [0.29, 0.717) is 28.5 Å². The molecule has 1 aliphatic rings.